The molecule has 0 unspecified atom stereocenters. The van der Waals surface area contributed by atoms with E-state index in [1.807, 2.05) is 4.90 Å². The molecule has 1 amide bonds. The summed E-state index contributed by atoms with van der Waals surface area (Å²) in [7, 11) is -2.10. The summed E-state index contributed by atoms with van der Waals surface area (Å²) in [5.74, 6) is -4.29. The quantitative estimate of drug-likeness (QED) is 0.576. The molecule has 2 aromatic rings. The second-order valence-electron chi connectivity index (χ2n) is 9.13. The monoisotopic (exact) mass is 569 g/mol. The Hall–Kier alpha value is -1.86. The van der Waals surface area contributed by atoms with Crippen LogP contribution in [0.2, 0.25) is 5.02 Å². The standard InChI is InChI=1S/C22H27ClF3N5O3S.ClH/c1-29-13-18(28-15-29)35(33,34)31-11-9-30(10-12-31)21(5-7-22(25,26)8-6-21)14-27-20(32)19-16(23)3-2-4-17(19)24;/h2-4,13,15H,5-12,14H2,1H3,(H,27,32);1H. The topological polar surface area (TPSA) is 87.5 Å². The van der Waals surface area contributed by atoms with E-state index in [-0.39, 0.29) is 73.3 Å². The second kappa shape index (κ2) is 10.9. The average Bonchev–Trinajstić information content (AvgIpc) is 3.26. The summed E-state index contributed by atoms with van der Waals surface area (Å²) in [6.07, 6.45) is 2.35. The van der Waals surface area contributed by atoms with Gasteiger partial charge in [0.1, 0.15) is 5.82 Å². The zero-order chi connectivity index (χ0) is 25.4. The number of benzene rings is 1. The molecule has 1 saturated carbocycles. The molecule has 0 radical (unpaired) electrons. The third-order valence-corrected chi connectivity index (χ3v) is 8.97. The highest BCUT2D eigenvalue weighted by molar-refractivity contribution is 7.89. The molecule has 14 heteroatoms. The number of sulfonamides is 1. The lowest BCUT2D eigenvalue weighted by Crippen LogP contribution is -2.63. The molecule has 36 heavy (non-hydrogen) atoms. The van der Waals surface area contributed by atoms with E-state index in [1.165, 1.54) is 29.0 Å². The van der Waals surface area contributed by atoms with E-state index in [0.717, 1.165) is 6.07 Å². The number of alkyl halides is 2. The van der Waals surface area contributed by atoms with Crippen LogP contribution in [0.25, 0.3) is 0 Å². The van der Waals surface area contributed by atoms with Crippen LogP contribution in [0.1, 0.15) is 36.0 Å². The summed E-state index contributed by atoms with van der Waals surface area (Å²) in [6.45, 7) is 0.926. The minimum absolute atomic E-state index is 0. The molecule has 200 valence electrons. The Bertz CT molecular complexity index is 1170. The van der Waals surface area contributed by atoms with Gasteiger partial charge >= 0.3 is 0 Å². The molecule has 1 aromatic carbocycles. The highest BCUT2D eigenvalue weighted by Crippen LogP contribution is 2.42. The van der Waals surface area contributed by atoms with Gasteiger partial charge in [-0.3, -0.25) is 9.69 Å². The highest BCUT2D eigenvalue weighted by Gasteiger charge is 2.48. The van der Waals surface area contributed by atoms with Gasteiger partial charge in [-0.2, -0.15) is 4.31 Å². The summed E-state index contributed by atoms with van der Waals surface area (Å²) >= 11 is 6.00. The first-order valence-electron chi connectivity index (χ1n) is 11.3. The summed E-state index contributed by atoms with van der Waals surface area (Å²) in [4.78, 5) is 18.6. The number of rotatable bonds is 6. The Morgan fingerprint density at radius 2 is 1.78 bits per heavy atom. The van der Waals surface area contributed by atoms with E-state index in [1.54, 1.807) is 11.6 Å². The SMILES string of the molecule is Cl.Cn1cnc(S(=O)(=O)N2CCN(C3(CNC(=O)c4c(F)cccc4Cl)CCC(F)(F)CC3)CC2)c1. The van der Waals surface area contributed by atoms with Gasteiger partial charge < -0.3 is 9.88 Å². The van der Waals surface area contributed by atoms with Crippen molar-refractivity contribution in [2.24, 2.45) is 7.05 Å². The van der Waals surface area contributed by atoms with Crippen LogP contribution >= 0.6 is 24.0 Å². The number of carbonyl (C=O) groups excluding carboxylic acids is 1. The van der Waals surface area contributed by atoms with Crippen LogP contribution < -0.4 is 5.32 Å². The number of aryl methyl sites for hydroxylation is 1. The van der Waals surface area contributed by atoms with E-state index in [9.17, 15) is 26.4 Å². The predicted octanol–water partition coefficient (Wildman–Crippen LogP) is 3.32. The lowest BCUT2D eigenvalue weighted by molar-refractivity contribution is -0.0856. The first-order valence-corrected chi connectivity index (χ1v) is 13.1. The van der Waals surface area contributed by atoms with Crippen LogP contribution in [0.5, 0.6) is 0 Å². The molecule has 1 aliphatic heterocycles. The number of nitrogens with one attached hydrogen (secondary N) is 1. The van der Waals surface area contributed by atoms with Gasteiger partial charge in [-0.05, 0) is 25.0 Å². The Morgan fingerprint density at radius 1 is 1.14 bits per heavy atom. The van der Waals surface area contributed by atoms with Crippen LogP contribution in [0, 0.1) is 5.82 Å². The maximum atomic E-state index is 14.2. The molecule has 4 rings (SSSR count). The van der Waals surface area contributed by atoms with E-state index < -0.39 is 33.2 Å². The number of hydrogen-bond donors (Lipinski definition) is 1. The van der Waals surface area contributed by atoms with Crippen molar-refractivity contribution < 1.29 is 26.4 Å². The van der Waals surface area contributed by atoms with Crippen molar-refractivity contribution in [3.05, 3.63) is 47.1 Å². The number of halogens is 5. The second-order valence-corrected chi connectivity index (χ2v) is 11.4. The zero-order valence-corrected chi connectivity index (χ0v) is 22.0. The number of piperazine rings is 1. The number of nitrogens with zero attached hydrogens (tertiary/aromatic N) is 4. The molecule has 1 aliphatic carbocycles. The maximum absolute atomic E-state index is 14.2. The highest BCUT2D eigenvalue weighted by atomic mass is 35.5. The van der Waals surface area contributed by atoms with Gasteiger partial charge in [0.2, 0.25) is 5.92 Å². The minimum atomic E-state index is -3.78. The van der Waals surface area contributed by atoms with Crippen LogP contribution in [0.4, 0.5) is 13.2 Å². The van der Waals surface area contributed by atoms with Crippen LogP contribution in [0.3, 0.4) is 0 Å². The number of amides is 1. The molecule has 0 spiro atoms. The van der Waals surface area contributed by atoms with Crippen molar-refractivity contribution in [3.63, 3.8) is 0 Å². The Kier molecular flexibility index (Phi) is 8.66. The van der Waals surface area contributed by atoms with Crippen molar-refractivity contribution in [2.45, 2.75) is 42.2 Å². The molecule has 1 N–H and O–H groups in total. The Morgan fingerprint density at radius 3 is 2.33 bits per heavy atom. The van der Waals surface area contributed by atoms with Gasteiger partial charge in [0, 0.05) is 64.3 Å². The van der Waals surface area contributed by atoms with Crippen molar-refractivity contribution in [1.29, 1.82) is 0 Å². The van der Waals surface area contributed by atoms with Gasteiger partial charge in [-0.25, -0.2) is 26.6 Å². The normalized spacial score (nSPS) is 20.5. The van der Waals surface area contributed by atoms with Gasteiger partial charge in [-0.15, -0.1) is 12.4 Å². The van der Waals surface area contributed by atoms with E-state index in [4.69, 9.17) is 11.6 Å². The number of carbonyl (C=O) groups is 1. The van der Waals surface area contributed by atoms with E-state index in [2.05, 4.69) is 10.3 Å². The lowest BCUT2D eigenvalue weighted by atomic mass is 9.78. The molecular formula is C22H28Cl2F3N5O3S. The van der Waals surface area contributed by atoms with E-state index in [0.29, 0.717) is 13.1 Å². The molecule has 2 fully saturated rings. The van der Waals surface area contributed by atoms with Crippen LogP contribution in [-0.2, 0) is 17.1 Å². The Labute approximate surface area is 219 Å². The van der Waals surface area contributed by atoms with Crippen LogP contribution in [0.15, 0.2) is 35.7 Å². The van der Waals surface area contributed by atoms with E-state index >= 15 is 0 Å². The number of imidazole rings is 1. The molecule has 1 aromatic heterocycles. The molecule has 1 saturated heterocycles. The van der Waals surface area contributed by atoms with Gasteiger partial charge in [0.05, 0.1) is 16.9 Å². The zero-order valence-electron chi connectivity index (χ0n) is 19.6. The third-order valence-electron chi connectivity index (χ3n) is 6.87. The fraction of sp³-hybridized carbons (Fsp3) is 0.545. The van der Waals surface area contributed by atoms with Crippen molar-refractivity contribution in [2.75, 3.05) is 32.7 Å². The molecule has 0 atom stereocenters. The van der Waals surface area contributed by atoms with Crippen molar-refractivity contribution in [3.8, 4) is 0 Å². The fourth-order valence-electron chi connectivity index (χ4n) is 4.79. The van der Waals surface area contributed by atoms with Crippen LogP contribution in [-0.4, -0.2) is 77.3 Å². The summed E-state index contributed by atoms with van der Waals surface area (Å²) < 4.78 is 70.9. The molecular weight excluding hydrogens is 542 g/mol. The lowest BCUT2D eigenvalue weighted by Gasteiger charge is -2.50. The molecule has 2 aliphatic rings. The predicted molar refractivity (Wildman–Crippen MR) is 131 cm³/mol. The minimum Gasteiger partial charge on any atom is -0.350 e. The van der Waals surface area contributed by atoms with Gasteiger partial charge in [0.15, 0.2) is 5.03 Å². The largest absolute Gasteiger partial charge is 0.350 e. The number of hydrogen-bond acceptors (Lipinski definition) is 5. The first-order chi connectivity index (χ1) is 16.4. The summed E-state index contributed by atoms with van der Waals surface area (Å²) in [5.41, 5.74) is -1.10. The van der Waals surface area contributed by atoms with Gasteiger partial charge in [0.25, 0.3) is 15.9 Å². The molecule has 2 heterocycles. The summed E-state index contributed by atoms with van der Waals surface area (Å²) in [5, 5.41) is 2.60. The Balaban J connectivity index is 0.00000361. The molecule has 0 bridgehead atoms. The smallest absolute Gasteiger partial charge is 0.262 e. The number of aromatic nitrogens is 2. The average molecular weight is 570 g/mol. The van der Waals surface area contributed by atoms with Gasteiger partial charge in [-0.1, -0.05) is 17.7 Å². The first kappa shape index (κ1) is 28.7. The molecule has 8 nitrogen and oxygen atoms in total. The third kappa shape index (κ3) is 5.83. The summed E-state index contributed by atoms with van der Waals surface area (Å²) in [6, 6.07) is 3.91. The maximum Gasteiger partial charge on any atom is 0.262 e. The van der Waals surface area contributed by atoms with Crippen molar-refractivity contribution in [1.82, 2.24) is 24.1 Å². The fourth-order valence-corrected chi connectivity index (χ4v) is 6.43. The van der Waals surface area contributed by atoms with Crippen molar-refractivity contribution >= 4 is 39.9 Å².